The van der Waals surface area contributed by atoms with Crippen LogP contribution in [0.2, 0.25) is 0 Å². The van der Waals surface area contributed by atoms with Crippen LogP contribution in [0.1, 0.15) is 57.6 Å². The summed E-state index contributed by atoms with van der Waals surface area (Å²) in [5.74, 6) is 0.0583. The van der Waals surface area contributed by atoms with E-state index >= 15 is 0 Å². The van der Waals surface area contributed by atoms with E-state index < -0.39 is 5.60 Å². The second-order valence-electron chi connectivity index (χ2n) is 9.44. The molecule has 1 aromatic carbocycles. The van der Waals surface area contributed by atoms with Crippen molar-refractivity contribution in [1.29, 1.82) is 0 Å². The minimum absolute atomic E-state index is 0.206. The van der Waals surface area contributed by atoms with E-state index in [-0.39, 0.29) is 17.9 Å². The van der Waals surface area contributed by atoms with Crippen molar-refractivity contribution in [2.24, 2.45) is 0 Å². The number of rotatable bonds is 6. The third kappa shape index (κ3) is 6.56. The van der Waals surface area contributed by atoms with Crippen LogP contribution in [0.15, 0.2) is 36.9 Å². The molecule has 2 amide bonds. The van der Waals surface area contributed by atoms with Gasteiger partial charge in [0.05, 0.1) is 6.33 Å². The summed E-state index contributed by atoms with van der Waals surface area (Å²) in [6, 6.07) is 6.25. The van der Waals surface area contributed by atoms with Gasteiger partial charge in [-0.25, -0.2) is 9.78 Å². The van der Waals surface area contributed by atoms with Gasteiger partial charge in [0.2, 0.25) is 11.0 Å². The van der Waals surface area contributed by atoms with Gasteiger partial charge in [0.15, 0.2) is 0 Å². The topological polar surface area (TPSA) is 111 Å². The molecule has 0 radical (unpaired) electrons. The number of nitrogens with one attached hydrogen (secondary N) is 1. The van der Waals surface area contributed by atoms with E-state index in [0.717, 1.165) is 24.1 Å². The minimum atomic E-state index is -0.512. The van der Waals surface area contributed by atoms with Gasteiger partial charge in [0.25, 0.3) is 5.19 Å². The average Bonchev–Trinajstić information content (AvgIpc) is 3.49. The minimum Gasteiger partial charge on any atom is -0.464 e. The van der Waals surface area contributed by atoms with E-state index in [4.69, 9.17) is 9.47 Å². The Balaban J connectivity index is 1.49. The fourth-order valence-corrected chi connectivity index (χ4v) is 4.62. The summed E-state index contributed by atoms with van der Waals surface area (Å²) in [5, 5.41) is 11.3. The third-order valence-corrected chi connectivity index (χ3v) is 6.31. The Kier molecular flexibility index (Phi) is 7.34. The molecule has 3 heterocycles. The number of hydrogen-bond donors (Lipinski definition) is 1. The first-order valence-corrected chi connectivity index (χ1v) is 12.3. The van der Waals surface area contributed by atoms with Gasteiger partial charge in [-0.15, -0.1) is 5.10 Å². The number of carbonyl (C=O) groups excluding carboxylic acids is 2. The van der Waals surface area contributed by atoms with Crippen molar-refractivity contribution in [3.8, 4) is 10.9 Å². The third-order valence-electron chi connectivity index (χ3n) is 5.56. The maximum Gasteiger partial charge on any atom is 0.410 e. The van der Waals surface area contributed by atoms with Crippen LogP contribution < -0.4 is 10.1 Å². The number of anilines is 1. The monoisotopic (exact) mass is 498 g/mol. The standard InChI is InChI=1S/C24H30N6O4S/c1-16(31)26-21-27-28-22(35-21)33-14-18-5-6-19(30-12-9-25-15-30)13-20(18)17-7-10-29(11-8-17)23(32)34-24(2,3)4/h5-6,9,12-13,15,17H,7-8,10-11,14H2,1-4H3,(H,26,27,31). The fraction of sp³-hybridized carbons (Fsp3) is 0.458. The van der Waals surface area contributed by atoms with Crippen LogP contribution in [-0.4, -0.2) is 55.3 Å². The van der Waals surface area contributed by atoms with Crippen molar-refractivity contribution in [1.82, 2.24) is 24.6 Å². The average molecular weight is 499 g/mol. The number of carbonyl (C=O) groups is 2. The molecule has 0 atom stereocenters. The molecule has 1 fully saturated rings. The molecule has 4 rings (SSSR count). The quantitative estimate of drug-likeness (QED) is 0.537. The summed E-state index contributed by atoms with van der Waals surface area (Å²) >= 11 is 1.18. The highest BCUT2D eigenvalue weighted by Gasteiger charge is 2.28. The second-order valence-corrected chi connectivity index (χ2v) is 10.4. The van der Waals surface area contributed by atoms with Crippen molar-refractivity contribution in [3.63, 3.8) is 0 Å². The van der Waals surface area contributed by atoms with Crippen LogP contribution in [0.25, 0.3) is 5.69 Å². The van der Waals surface area contributed by atoms with Crippen molar-refractivity contribution in [3.05, 3.63) is 48.0 Å². The molecule has 0 spiro atoms. The molecule has 186 valence electrons. The van der Waals surface area contributed by atoms with Crippen LogP contribution >= 0.6 is 11.3 Å². The number of piperidine rings is 1. The largest absolute Gasteiger partial charge is 0.464 e. The lowest BCUT2D eigenvalue weighted by Crippen LogP contribution is -2.41. The molecule has 1 saturated heterocycles. The number of aromatic nitrogens is 4. The summed E-state index contributed by atoms with van der Waals surface area (Å²) in [6.07, 6.45) is 6.81. The smallest absolute Gasteiger partial charge is 0.410 e. The molecule has 35 heavy (non-hydrogen) atoms. The normalized spacial score (nSPS) is 14.6. The summed E-state index contributed by atoms with van der Waals surface area (Å²) in [5.41, 5.74) is 2.72. The molecular weight excluding hydrogens is 468 g/mol. The van der Waals surface area contributed by atoms with Gasteiger partial charge in [-0.3, -0.25) is 4.79 Å². The summed E-state index contributed by atoms with van der Waals surface area (Å²) in [7, 11) is 0. The fourth-order valence-electron chi connectivity index (χ4n) is 3.97. The molecule has 3 aromatic rings. The highest BCUT2D eigenvalue weighted by molar-refractivity contribution is 7.17. The zero-order valence-corrected chi connectivity index (χ0v) is 21.2. The van der Waals surface area contributed by atoms with Crippen LogP contribution in [-0.2, 0) is 16.1 Å². The molecule has 1 aliphatic heterocycles. The predicted octanol–water partition coefficient (Wildman–Crippen LogP) is 4.38. The van der Waals surface area contributed by atoms with Gasteiger partial charge in [-0.1, -0.05) is 11.2 Å². The lowest BCUT2D eigenvalue weighted by atomic mass is 9.86. The van der Waals surface area contributed by atoms with E-state index in [1.54, 1.807) is 17.4 Å². The van der Waals surface area contributed by atoms with Crippen LogP contribution in [0.5, 0.6) is 5.19 Å². The highest BCUT2D eigenvalue weighted by Crippen LogP contribution is 2.33. The van der Waals surface area contributed by atoms with Crippen molar-refractivity contribution >= 4 is 28.5 Å². The Hall–Kier alpha value is -3.47. The number of hydrogen-bond acceptors (Lipinski definition) is 8. The zero-order chi connectivity index (χ0) is 25.0. The predicted molar refractivity (Wildman–Crippen MR) is 132 cm³/mol. The maximum atomic E-state index is 12.5. The number of amides is 2. The van der Waals surface area contributed by atoms with E-state index in [9.17, 15) is 9.59 Å². The van der Waals surface area contributed by atoms with E-state index in [2.05, 4.69) is 32.6 Å². The van der Waals surface area contributed by atoms with Gasteiger partial charge in [-0.2, -0.15) is 0 Å². The lowest BCUT2D eigenvalue weighted by Gasteiger charge is -2.34. The Bertz CT molecular complexity index is 1160. The van der Waals surface area contributed by atoms with E-state index in [0.29, 0.717) is 30.0 Å². The molecular formula is C24H30N6O4S. The number of imidazole rings is 1. The molecule has 10 nitrogen and oxygen atoms in total. The van der Waals surface area contributed by atoms with Gasteiger partial charge in [0.1, 0.15) is 12.2 Å². The molecule has 11 heteroatoms. The van der Waals surface area contributed by atoms with Gasteiger partial charge in [-0.05, 0) is 74.1 Å². The van der Waals surface area contributed by atoms with Crippen LogP contribution in [0, 0.1) is 0 Å². The maximum absolute atomic E-state index is 12.5. The highest BCUT2D eigenvalue weighted by atomic mass is 32.1. The van der Waals surface area contributed by atoms with E-state index in [1.165, 1.54) is 23.8 Å². The van der Waals surface area contributed by atoms with Crippen LogP contribution in [0.3, 0.4) is 0 Å². The summed E-state index contributed by atoms with van der Waals surface area (Å²) in [4.78, 5) is 29.7. The van der Waals surface area contributed by atoms with Gasteiger partial charge in [0, 0.05) is 38.1 Å². The molecule has 1 aliphatic rings. The molecule has 0 unspecified atom stereocenters. The Morgan fingerprint density at radius 3 is 2.63 bits per heavy atom. The first-order valence-electron chi connectivity index (χ1n) is 11.5. The zero-order valence-electron chi connectivity index (χ0n) is 20.4. The number of benzene rings is 1. The number of ether oxygens (including phenoxy) is 2. The van der Waals surface area contributed by atoms with Crippen molar-refractivity contribution in [2.75, 3.05) is 18.4 Å². The summed E-state index contributed by atoms with van der Waals surface area (Å²) in [6.45, 7) is 8.63. The molecule has 2 aromatic heterocycles. The number of nitrogens with zero attached hydrogens (tertiary/aromatic N) is 5. The Morgan fingerprint density at radius 2 is 1.97 bits per heavy atom. The van der Waals surface area contributed by atoms with Crippen LogP contribution in [0.4, 0.5) is 9.93 Å². The van der Waals surface area contributed by atoms with Crippen molar-refractivity contribution < 1.29 is 19.1 Å². The van der Waals surface area contributed by atoms with Crippen molar-refractivity contribution in [2.45, 2.75) is 58.7 Å². The first kappa shape index (κ1) is 24.6. The lowest BCUT2D eigenvalue weighted by molar-refractivity contribution is -0.114. The molecule has 0 aliphatic carbocycles. The second kappa shape index (κ2) is 10.4. The molecule has 0 bridgehead atoms. The molecule has 0 saturated carbocycles. The Morgan fingerprint density at radius 1 is 1.20 bits per heavy atom. The Labute approximate surface area is 208 Å². The van der Waals surface area contributed by atoms with Gasteiger partial charge < -0.3 is 24.3 Å². The van der Waals surface area contributed by atoms with E-state index in [1.807, 2.05) is 37.6 Å². The first-order chi connectivity index (χ1) is 16.7. The van der Waals surface area contributed by atoms with Gasteiger partial charge >= 0.3 is 6.09 Å². The SMILES string of the molecule is CC(=O)Nc1nnc(OCc2ccc(-n3ccnc3)cc2C2CCN(C(=O)OC(C)(C)C)CC2)s1. The summed E-state index contributed by atoms with van der Waals surface area (Å²) < 4.78 is 13.4. The number of likely N-dealkylation sites (tertiary alicyclic amines) is 1. The molecule has 1 N–H and O–H groups in total.